The van der Waals surface area contributed by atoms with E-state index in [1.807, 2.05) is 18.2 Å². The van der Waals surface area contributed by atoms with Gasteiger partial charge in [0.1, 0.15) is 0 Å². The van der Waals surface area contributed by atoms with E-state index in [1.54, 1.807) is 11.9 Å². The summed E-state index contributed by atoms with van der Waals surface area (Å²) in [6, 6.07) is 5.24. The molecule has 0 aromatic heterocycles. The van der Waals surface area contributed by atoms with Crippen molar-refractivity contribution < 1.29 is 23.9 Å². The number of nitrogens with zero attached hydrogens (tertiary/aromatic N) is 2. The third-order valence-electron chi connectivity index (χ3n) is 5.92. The van der Waals surface area contributed by atoms with Crippen LogP contribution in [0.3, 0.4) is 0 Å². The van der Waals surface area contributed by atoms with Gasteiger partial charge in [-0.2, -0.15) is 0 Å². The number of ether oxygens (including phenoxy) is 2. The van der Waals surface area contributed by atoms with Crippen LogP contribution in [0, 0.1) is 5.92 Å². The van der Waals surface area contributed by atoms with E-state index in [2.05, 4.69) is 22.9 Å². The molecular formula is C21H29N5O5S. The van der Waals surface area contributed by atoms with Crippen molar-refractivity contribution in [3.05, 3.63) is 23.8 Å². The molecule has 1 aromatic carbocycles. The fraction of sp³-hybridized carbons (Fsp3) is 0.571. The molecule has 0 aliphatic carbocycles. The molecule has 3 N–H and O–H groups in total. The van der Waals surface area contributed by atoms with Gasteiger partial charge >= 0.3 is 6.03 Å². The van der Waals surface area contributed by atoms with E-state index in [1.165, 1.54) is 18.8 Å². The Kier molecular flexibility index (Phi) is 6.77. The number of urea groups is 1. The van der Waals surface area contributed by atoms with E-state index in [-0.39, 0.29) is 41.9 Å². The molecule has 3 heterocycles. The molecule has 174 valence electrons. The molecule has 1 aromatic rings. The van der Waals surface area contributed by atoms with E-state index in [4.69, 9.17) is 9.47 Å². The number of hydrogen-bond acceptors (Lipinski definition) is 8. The van der Waals surface area contributed by atoms with Crippen LogP contribution in [0.25, 0.3) is 0 Å². The van der Waals surface area contributed by atoms with Crippen molar-refractivity contribution >= 4 is 29.6 Å². The minimum atomic E-state index is -0.484. The molecule has 0 bridgehead atoms. The van der Waals surface area contributed by atoms with E-state index < -0.39 is 12.1 Å². The van der Waals surface area contributed by atoms with E-state index >= 15 is 0 Å². The maximum Gasteiger partial charge on any atom is 0.327 e. The van der Waals surface area contributed by atoms with Crippen LogP contribution in [0.15, 0.2) is 18.2 Å². The summed E-state index contributed by atoms with van der Waals surface area (Å²) in [5.74, 6) is 0.719. The number of benzene rings is 1. The topological polar surface area (TPSA) is 112 Å². The maximum atomic E-state index is 12.9. The molecule has 10 nitrogen and oxygen atoms in total. The normalized spacial score (nSPS) is 26.8. The van der Waals surface area contributed by atoms with Gasteiger partial charge in [0.15, 0.2) is 11.5 Å². The number of hydrogen-bond donors (Lipinski definition) is 3. The second-order valence-electron chi connectivity index (χ2n) is 8.13. The molecule has 4 unspecified atom stereocenters. The van der Waals surface area contributed by atoms with Gasteiger partial charge in [-0.1, -0.05) is 19.4 Å². The Morgan fingerprint density at radius 1 is 1.22 bits per heavy atom. The van der Waals surface area contributed by atoms with Crippen molar-refractivity contribution in [2.24, 2.45) is 5.92 Å². The zero-order chi connectivity index (χ0) is 22.8. The molecule has 0 spiro atoms. The SMILES string of the molecule is CCCC1NC(SCC(=O)NCc2ccc3c(c2)OCO3)C2C(=O)N(C)C(=O)N(C)C2N1. The van der Waals surface area contributed by atoms with Gasteiger partial charge in [0, 0.05) is 20.6 Å². The van der Waals surface area contributed by atoms with E-state index in [0.717, 1.165) is 23.3 Å². The second-order valence-corrected chi connectivity index (χ2v) is 9.26. The highest BCUT2D eigenvalue weighted by Crippen LogP contribution is 2.33. The molecule has 4 rings (SSSR count). The third kappa shape index (κ3) is 4.50. The Balaban J connectivity index is 1.37. The van der Waals surface area contributed by atoms with Gasteiger partial charge in [-0.3, -0.25) is 25.1 Å². The first kappa shape index (κ1) is 22.7. The molecule has 3 aliphatic rings. The van der Waals surface area contributed by atoms with Crippen LogP contribution in [0.1, 0.15) is 25.3 Å². The lowest BCUT2D eigenvalue weighted by atomic mass is 9.96. The number of carbonyl (C=O) groups is 3. The summed E-state index contributed by atoms with van der Waals surface area (Å²) < 4.78 is 10.7. The van der Waals surface area contributed by atoms with Crippen molar-refractivity contribution in [3.63, 3.8) is 0 Å². The number of fused-ring (bicyclic) bond motifs is 2. The van der Waals surface area contributed by atoms with Gasteiger partial charge in [0.05, 0.1) is 29.4 Å². The number of amides is 4. The lowest BCUT2D eigenvalue weighted by Gasteiger charge is -2.50. The Bertz CT molecular complexity index is 899. The quantitative estimate of drug-likeness (QED) is 0.546. The third-order valence-corrected chi connectivity index (χ3v) is 7.14. The fourth-order valence-corrected chi connectivity index (χ4v) is 5.36. The van der Waals surface area contributed by atoms with Crippen LogP contribution in [0.5, 0.6) is 11.5 Å². The van der Waals surface area contributed by atoms with Crippen LogP contribution in [-0.4, -0.2) is 72.0 Å². The Morgan fingerprint density at radius 3 is 2.78 bits per heavy atom. The fourth-order valence-electron chi connectivity index (χ4n) is 4.19. The summed E-state index contributed by atoms with van der Waals surface area (Å²) in [5.41, 5.74) is 0.917. The van der Waals surface area contributed by atoms with Gasteiger partial charge in [0.25, 0.3) is 0 Å². The summed E-state index contributed by atoms with van der Waals surface area (Å²) in [5, 5.41) is 9.46. The standard InChI is InChI=1S/C21H29N5O5S/c1-4-5-15-23-18-17(20(28)26(3)21(29)25(18)2)19(24-15)32-10-16(27)22-9-12-6-7-13-14(8-12)31-11-30-13/h6-8,15,17-19,23-24H,4-5,9-11H2,1-3H3,(H,22,27). The predicted molar refractivity (Wildman–Crippen MR) is 119 cm³/mol. The van der Waals surface area contributed by atoms with Gasteiger partial charge in [-0.25, -0.2) is 4.79 Å². The molecule has 11 heteroatoms. The van der Waals surface area contributed by atoms with Gasteiger partial charge in [0.2, 0.25) is 18.6 Å². The minimum Gasteiger partial charge on any atom is -0.454 e. The minimum absolute atomic E-state index is 0.0399. The van der Waals surface area contributed by atoms with Crippen LogP contribution in [0.4, 0.5) is 4.79 Å². The Morgan fingerprint density at radius 2 is 2.00 bits per heavy atom. The molecule has 2 saturated heterocycles. The highest BCUT2D eigenvalue weighted by molar-refractivity contribution is 8.00. The zero-order valence-corrected chi connectivity index (χ0v) is 19.2. The summed E-state index contributed by atoms with van der Waals surface area (Å²) in [6.07, 6.45) is 1.35. The summed E-state index contributed by atoms with van der Waals surface area (Å²) >= 11 is 1.39. The van der Waals surface area contributed by atoms with Crippen LogP contribution >= 0.6 is 11.8 Å². The highest BCUT2D eigenvalue weighted by atomic mass is 32.2. The van der Waals surface area contributed by atoms with Crippen molar-refractivity contribution in [3.8, 4) is 11.5 Å². The Hall–Kier alpha value is -2.50. The monoisotopic (exact) mass is 463 g/mol. The molecule has 3 aliphatic heterocycles. The first-order chi connectivity index (χ1) is 15.4. The number of thioether (sulfide) groups is 1. The van der Waals surface area contributed by atoms with E-state index in [9.17, 15) is 14.4 Å². The Labute approximate surface area is 191 Å². The highest BCUT2D eigenvalue weighted by Gasteiger charge is 2.50. The molecule has 0 saturated carbocycles. The molecule has 4 amide bonds. The number of nitrogens with one attached hydrogen (secondary N) is 3. The predicted octanol–water partition coefficient (Wildman–Crippen LogP) is 0.876. The van der Waals surface area contributed by atoms with Crippen molar-refractivity contribution in [1.29, 1.82) is 0 Å². The largest absolute Gasteiger partial charge is 0.454 e. The summed E-state index contributed by atoms with van der Waals surface area (Å²) in [7, 11) is 3.19. The van der Waals surface area contributed by atoms with Crippen LogP contribution in [-0.2, 0) is 16.1 Å². The lowest BCUT2D eigenvalue weighted by Crippen LogP contribution is -2.74. The molecule has 32 heavy (non-hydrogen) atoms. The zero-order valence-electron chi connectivity index (χ0n) is 18.4. The summed E-state index contributed by atoms with van der Waals surface area (Å²) in [6.45, 7) is 2.66. The van der Waals surface area contributed by atoms with Crippen molar-refractivity contribution in [2.45, 2.75) is 44.0 Å². The van der Waals surface area contributed by atoms with Crippen LogP contribution < -0.4 is 25.4 Å². The molecule has 4 atom stereocenters. The maximum absolute atomic E-state index is 12.9. The van der Waals surface area contributed by atoms with Crippen LogP contribution in [0.2, 0.25) is 0 Å². The average Bonchev–Trinajstić information content (AvgIpc) is 3.26. The number of imide groups is 1. The first-order valence-corrected chi connectivity index (χ1v) is 11.8. The molecule has 2 fully saturated rings. The lowest BCUT2D eigenvalue weighted by molar-refractivity contribution is -0.140. The first-order valence-electron chi connectivity index (χ1n) is 10.7. The van der Waals surface area contributed by atoms with Gasteiger partial charge in [-0.15, -0.1) is 11.8 Å². The van der Waals surface area contributed by atoms with Crippen molar-refractivity contribution in [1.82, 2.24) is 25.8 Å². The van der Waals surface area contributed by atoms with Gasteiger partial charge < -0.3 is 19.7 Å². The van der Waals surface area contributed by atoms with Gasteiger partial charge in [-0.05, 0) is 24.1 Å². The molecule has 0 radical (unpaired) electrons. The number of rotatable bonds is 7. The molecular weight excluding hydrogens is 434 g/mol. The van der Waals surface area contributed by atoms with Crippen molar-refractivity contribution in [2.75, 3.05) is 26.6 Å². The summed E-state index contributed by atoms with van der Waals surface area (Å²) in [4.78, 5) is 40.6. The number of carbonyl (C=O) groups excluding carboxylic acids is 3. The average molecular weight is 464 g/mol. The second kappa shape index (κ2) is 9.55. The van der Waals surface area contributed by atoms with E-state index in [0.29, 0.717) is 18.0 Å². The smallest absolute Gasteiger partial charge is 0.327 e.